The zero-order valence-corrected chi connectivity index (χ0v) is 21.3. The number of imidazole rings is 1. The van der Waals surface area contributed by atoms with Crippen molar-refractivity contribution >= 4 is 11.7 Å². The van der Waals surface area contributed by atoms with E-state index in [-0.39, 0.29) is 12.5 Å². The third kappa shape index (κ3) is 6.51. The van der Waals surface area contributed by atoms with Crippen LogP contribution >= 0.6 is 0 Å². The van der Waals surface area contributed by atoms with E-state index >= 15 is 0 Å². The van der Waals surface area contributed by atoms with Crippen LogP contribution in [0.25, 0.3) is 5.95 Å². The van der Waals surface area contributed by atoms with E-state index in [1.165, 1.54) is 0 Å². The number of rotatable bonds is 12. The first-order chi connectivity index (χ1) is 17.6. The number of likely N-dealkylation sites (N-methyl/N-ethyl adjacent to an activating group) is 1. The first-order valence-electron chi connectivity index (χ1n) is 12.5. The number of hydrogen-bond donors (Lipinski definition) is 1. The first-order valence-corrected chi connectivity index (χ1v) is 12.5. The molecule has 10 nitrogen and oxygen atoms in total. The third-order valence-electron chi connectivity index (χ3n) is 6.05. The lowest BCUT2D eigenvalue weighted by atomic mass is 10.2. The largest absolute Gasteiger partial charge is 0.486 e. The van der Waals surface area contributed by atoms with E-state index in [0.29, 0.717) is 38.8 Å². The van der Waals surface area contributed by atoms with E-state index in [4.69, 9.17) is 14.5 Å². The van der Waals surface area contributed by atoms with Gasteiger partial charge in [-0.3, -0.25) is 9.36 Å². The van der Waals surface area contributed by atoms with Crippen LogP contribution in [0, 0.1) is 6.92 Å². The lowest BCUT2D eigenvalue weighted by Crippen LogP contribution is -2.41. The van der Waals surface area contributed by atoms with Crippen molar-refractivity contribution in [2.45, 2.75) is 33.7 Å². The van der Waals surface area contributed by atoms with Crippen LogP contribution in [0.5, 0.6) is 11.5 Å². The fourth-order valence-electron chi connectivity index (χ4n) is 4.13. The summed E-state index contributed by atoms with van der Waals surface area (Å²) in [6, 6.07) is 7.97. The van der Waals surface area contributed by atoms with Crippen molar-refractivity contribution in [1.29, 1.82) is 0 Å². The fraction of sp³-hybridized carbons (Fsp3) is 0.462. The van der Waals surface area contributed by atoms with Crippen LogP contribution in [-0.2, 0) is 11.3 Å². The standard InChI is InChI=1S/C26H35N7O3/c1-4-31(5-2)25(34)18-32(24-15-20(3)29-26(30-24)33-12-10-28-19-33)11-6-9-27-17-21-7-8-22-23(16-21)36-14-13-35-22/h7-8,10,12,15-16,19,27H,4-6,9,11,13-14,17-18H2,1-3H3. The molecule has 0 saturated heterocycles. The summed E-state index contributed by atoms with van der Waals surface area (Å²) in [6.45, 7) is 10.9. The summed E-state index contributed by atoms with van der Waals surface area (Å²) in [5.41, 5.74) is 1.98. The number of amides is 1. The molecule has 4 rings (SSSR count). The van der Waals surface area contributed by atoms with Crippen LogP contribution in [0.3, 0.4) is 0 Å². The van der Waals surface area contributed by atoms with Gasteiger partial charge in [0.1, 0.15) is 25.4 Å². The predicted octanol–water partition coefficient (Wildman–Crippen LogP) is 2.60. The highest BCUT2D eigenvalue weighted by molar-refractivity contribution is 5.81. The molecule has 2 aromatic heterocycles. The van der Waals surface area contributed by atoms with Crippen LogP contribution < -0.4 is 19.7 Å². The number of fused-ring (bicyclic) bond motifs is 1. The highest BCUT2D eigenvalue weighted by atomic mass is 16.6. The minimum absolute atomic E-state index is 0.0877. The van der Waals surface area contributed by atoms with Crippen molar-refractivity contribution in [2.75, 3.05) is 50.8 Å². The van der Waals surface area contributed by atoms with Gasteiger partial charge in [0.25, 0.3) is 0 Å². The van der Waals surface area contributed by atoms with Crippen molar-refractivity contribution in [1.82, 2.24) is 29.7 Å². The molecule has 1 aliphatic rings. The van der Waals surface area contributed by atoms with E-state index in [9.17, 15) is 4.79 Å². The minimum atomic E-state index is 0.0877. The Morgan fingerprint density at radius 2 is 1.92 bits per heavy atom. The number of ether oxygens (including phenoxy) is 2. The average Bonchev–Trinajstić information content (AvgIpc) is 3.43. The summed E-state index contributed by atoms with van der Waals surface area (Å²) >= 11 is 0. The van der Waals surface area contributed by atoms with Gasteiger partial charge in [0.05, 0.1) is 6.54 Å². The molecule has 0 unspecified atom stereocenters. The molecule has 0 saturated carbocycles. The number of aromatic nitrogens is 4. The topological polar surface area (TPSA) is 97.6 Å². The molecule has 0 radical (unpaired) electrons. The van der Waals surface area contributed by atoms with Gasteiger partial charge in [-0.1, -0.05) is 6.07 Å². The molecular formula is C26H35N7O3. The summed E-state index contributed by atoms with van der Waals surface area (Å²) in [7, 11) is 0. The van der Waals surface area contributed by atoms with E-state index in [1.807, 2.05) is 55.0 Å². The van der Waals surface area contributed by atoms with Crippen LogP contribution in [-0.4, -0.2) is 76.3 Å². The Morgan fingerprint density at radius 3 is 2.67 bits per heavy atom. The fourth-order valence-corrected chi connectivity index (χ4v) is 4.13. The lowest BCUT2D eigenvalue weighted by molar-refractivity contribution is -0.129. The van der Waals surface area contributed by atoms with Gasteiger partial charge in [0.15, 0.2) is 11.5 Å². The normalized spacial score (nSPS) is 12.4. The number of carbonyl (C=O) groups excluding carboxylic acids is 1. The van der Waals surface area contributed by atoms with E-state index in [1.54, 1.807) is 17.1 Å². The molecule has 1 aromatic carbocycles. The summed E-state index contributed by atoms with van der Waals surface area (Å²) in [5, 5.41) is 3.50. The molecule has 0 aliphatic carbocycles. The van der Waals surface area contributed by atoms with Gasteiger partial charge in [-0.2, -0.15) is 4.98 Å². The van der Waals surface area contributed by atoms with Crippen LogP contribution in [0.1, 0.15) is 31.5 Å². The lowest BCUT2D eigenvalue weighted by Gasteiger charge is -2.27. The second kappa shape index (κ2) is 12.3. The molecular weight excluding hydrogens is 458 g/mol. The number of carbonyl (C=O) groups is 1. The highest BCUT2D eigenvalue weighted by Crippen LogP contribution is 2.30. The Morgan fingerprint density at radius 1 is 1.11 bits per heavy atom. The predicted molar refractivity (Wildman–Crippen MR) is 138 cm³/mol. The minimum Gasteiger partial charge on any atom is -0.486 e. The Labute approximate surface area is 212 Å². The van der Waals surface area contributed by atoms with E-state index in [0.717, 1.165) is 48.1 Å². The molecule has 1 amide bonds. The third-order valence-corrected chi connectivity index (χ3v) is 6.05. The Balaban J connectivity index is 1.40. The zero-order valence-electron chi connectivity index (χ0n) is 21.3. The maximum Gasteiger partial charge on any atom is 0.242 e. The molecule has 3 heterocycles. The smallest absolute Gasteiger partial charge is 0.242 e. The molecule has 0 atom stereocenters. The van der Waals surface area contributed by atoms with Crippen molar-refractivity contribution in [3.63, 3.8) is 0 Å². The maximum atomic E-state index is 13.0. The molecule has 0 spiro atoms. The van der Waals surface area contributed by atoms with Gasteiger partial charge in [0.2, 0.25) is 11.9 Å². The summed E-state index contributed by atoms with van der Waals surface area (Å²) < 4.78 is 13.1. The molecule has 1 aliphatic heterocycles. The zero-order chi connectivity index (χ0) is 25.3. The monoisotopic (exact) mass is 493 g/mol. The Kier molecular flexibility index (Phi) is 8.72. The number of anilines is 1. The van der Waals surface area contributed by atoms with Crippen LogP contribution in [0.2, 0.25) is 0 Å². The number of nitrogens with one attached hydrogen (secondary N) is 1. The van der Waals surface area contributed by atoms with Crippen molar-refractivity contribution in [2.24, 2.45) is 0 Å². The number of nitrogens with zero attached hydrogens (tertiary/aromatic N) is 6. The Hall–Kier alpha value is -3.66. The molecule has 0 bridgehead atoms. The van der Waals surface area contributed by atoms with Crippen LogP contribution in [0.4, 0.5) is 5.82 Å². The maximum absolute atomic E-state index is 13.0. The summed E-state index contributed by atoms with van der Waals surface area (Å²) in [6.07, 6.45) is 6.03. The molecule has 1 N–H and O–H groups in total. The first kappa shape index (κ1) is 25.4. The van der Waals surface area contributed by atoms with E-state index in [2.05, 4.69) is 21.4 Å². The second-order valence-corrected chi connectivity index (χ2v) is 8.63. The van der Waals surface area contributed by atoms with Gasteiger partial charge in [-0.15, -0.1) is 0 Å². The quantitative estimate of drug-likeness (QED) is 0.385. The summed E-state index contributed by atoms with van der Waals surface area (Å²) in [5.74, 6) is 2.96. The second-order valence-electron chi connectivity index (χ2n) is 8.63. The van der Waals surface area contributed by atoms with Crippen LogP contribution in [0.15, 0.2) is 43.0 Å². The van der Waals surface area contributed by atoms with Crippen molar-refractivity contribution < 1.29 is 14.3 Å². The van der Waals surface area contributed by atoms with Gasteiger partial charge in [0, 0.05) is 50.3 Å². The average molecular weight is 494 g/mol. The van der Waals surface area contributed by atoms with Crippen molar-refractivity contribution in [3.05, 3.63) is 54.2 Å². The van der Waals surface area contributed by atoms with Gasteiger partial charge in [-0.25, -0.2) is 9.97 Å². The summed E-state index contributed by atoms with van der Waals surface area (Å²) in [4.78, 5) is 30.2. The van der Waals surface area contributed by atoms with Gasteiger partial charge in [-0.05, 0) is 51.4 Å². The SMILES string of the molecule is CCN(CC)C(=O)CN(CCCNCc1ccc2c(c1)OCCO2)c1cc(C)nc(-n2ccnc2)n1. The molecule has 36 heavy (non-hydrogen) atoms. The van der Waals surface area contributed by atoms with Gasteiger partial charge < -0.3 is 24.6 Å². The number of aryl methyl sites for hydroxylation is 1. The highest BCUT2D eigenvalue weighted by Gasteiger charge is 2.18. The van der Waals surface area contributed by atoms with Crippen molar-refractivity contribution in [3.8, 4) is 17.4 Å². The Bertz CT molecular complexity index is 1130. The van der Waals surface area contributed by atoms with E-state index < -0.39 is 0 Å². The molecule has 192 valence electrons. The molecule has 0 fully saturated rings. The molecule has 10 heteroatoms. The number of hydrogen-bond acceptors (Lipinski definition) is 8. The van der Waals surface area contributed by atoms with Gasteiger partial charge >= 0.3 is 0 Å². The number of benzene rings is 1. The molecule has 3 aromatic rings.